The van der Waals surface area contributed by atoms with Gasteiger partial charge in [0, 0.05) is 18.6 Å². The lowest BCUT2D eigenvalue weighted by Crippen LogP contribution is -2.55. The zero-order valence-electron chi connectivity index (χ0n) is 10.3. The van der Waals surface area contributed by atoms with E-state index >= 15 is 0 Å². The second kappa shape index (κ2) is 4.42. The summed E-state index contributed by atoms with van der Waals surface area (Å²) >= 11 is 0. The van der Waals surface area contributed by atoms with Gasteiger partial charge in [0.2, 0.25) is 0 Å². The van der Waals surface area contributed by atoms with E-state index in [0.717, 1.165) is 18.4 Å². The zero-order valence-corrected chi connectivity index (χ0v) is 10.3. The van der Waals surface area contributed by atoms with Gasteiger partial charge in [0.1, 0.15) is 0 Å². The van der Waals surface area contributed by atoms with Gasteiger partial charge in [0.25, 0.3) is 0 Å². The van der Waals surface area contributed by atoms with Gasteiger partial charge < -0.3 is 5.73 Å². The molecule has 0 aromatic carbocycles. The van der Waals surface area contributed by atoms with E-state index in [0.29, 0.717) is 5.54 Å². The maximum atomic E-state index is 6.09. The van der Waals surface area contributed by atoms with E-state index in [4.69, 9.17) is 5.73 Å². The third-order valence-electron chi connectivity index (χ3n) is 4.76. The maximum absolute atomic E-state index is 6.09. The van der Waals surface area contributed by atoms with Crippen LogP contribution in [0.15, 0.2) is 0 Å². The Bertz CT molecular complexity index is 213. The summed E-state index contributed by atoms with van der Waals surface area (Å²) in [5.74, 6) is 1.82. The molecular formula is C13H26N2. The third kappa shape index (κ3) is 2.07. The van der Waals surface area contributed by atoms with Crippen LogP contribution in [0.25, 0.3) is 0 Å². The molecule has 2 aliphatic rings. The van der Waals surface area contributed by atoms with Gasteiger partial charge in [-0.1, -0.05) is 19.8 Å². The first-order chi connectivity index (χ1) is 7.23. The first-order valence-corrected chi connectivity index (χ1v) is 6.64. The van der Waals surface area contributed by atoms with Crippen molar-refractivity contribution in [3.8, 4) is 0 Å². The molecule has 2 nitrogen and oxygen atoms in total. The molecule has 0 radical (unpaired) electrons. The van der Waals surface area contributed by atoms with Gasteiger partial charge in [-0.25, -0.2) is 0 Å². The Morgan fingerprint density at radius 3 is 2.60 bits per heavy atom. The highest BCUT2D eigenvalue weighted by Crippen LogP contribution is 2.42. The minimum atomic E-state index is 0.345. The van der Waals surface area contributed by atoms with Crippen LogP contribution in [0.2, 0.25) is 0 Å². The number of hydrogen-bond donors (Lipinski definition) is 1. The molecular weight excluding hydrogens is 184 g/mol. The van der Waals surface area contributed by atoms with Crippen molar-refractivity contribution in [3.05, 3.63) is 0 Å². The van der Waals surface area contributed by atoms with E-state index in [-0.39, 0.29) is 0 Å². The van der Waals surface area contributed by atoms with E-state index in [9.17, 15) is 0 Å². The summed E-state index contributed by atoms with van der Waals surface area (Å²) < 4.78 is 0. The van der Waals surface area contributed by atoms with Crippen LogP contribution in [0.5, 0.6) is 0 Å². The number of hydrogen-bond acceptors (Lipinski definition) is 2. The molecule has 0 amide bonds. The molecule has 88 valence electrons. The quantitative estimate of drug-likeness (QED) is 0.754. The van der Waals surface area contributed by atoms with Crippen molar-refractivity contribution in [1.29, 1.82) is 0 Å². The van der Waals surface area contributed by atoms with Crippen molar-refractivity contribution in [3.63, 3.8) is 0 Å². The lowest BCUT2D eigenvalue weighted by molar-refractivity contribution is 0.0772. The number of nitrogens with two attached hydrogens (primary N) is 1. The van der Waals surface area contributed by atoms with Crippen molar-refractivity contribution >= 4 is 0 Å². The molecule has 2 rings (SSSR count). The van der Waals surface area contributed by atoms with Crippen molar-refractivity contribution in [1.82, 2.24) is 4.90 Å². The van der Waals surface area contributed by atoms with Crippen LogP contribution < -0.4 is 5.73 Å². The summed E-state index contributed by atoms with van der Waals surface area (Å²) in [6.07, 6.45) is 8.29. The topological polar surface area (TPSA) is 29.3 Å². The van der Waals surface area contributed by atoms with E-state index < -0.39 is 0 Å². The lowest BCUT2D eigenvalue weighted by Gasteiger charge is -2.43. The van der Waals surface area contributed by atoms with Crippen molar-refractivity contribution in [2.75, 3.05) is 20.1 Å². The summed E-state index contributed by atoms with van der Waals surface area (Å²) in [5.41, 5.74) is 6.43. The van der Waals surface area contributed by atoms with E-state index in [1.54, 1.807) is 0 Å². The molecule has 0 heterocycles. The summed E-state index contributed by atoms with van der Waals surface area (Å²) in [5, 5.41) is 0. The fraction of sp³-hybridized carbons (Fsp3) is 1.00. The molecule has 0 saturated heterocycles. The fourth-order valence-corrected chi connectivity index (χ4v) is 3.51. The van der Waals surface area contributed by atoms with Gasteiger partial charge in [-0.3, -0.25) is 4.90 Å². The summed E-state index contributed by atoms with van der Waals surface area (Å²) in [6, 6.07) is 0. The Kier molecular flexibility index (Phi) is 3.36. The van der Waals surface area contributed by atoms with Crippen LogP contribution in [0.3, 0.4) is 0 Å². The normalized spacial score (nSPS) is 36.4. The van der Waals surface area contributed by atoms with Gasteiger partial charge >= 0.3 is 0 Å². The average Bonchev–Trinajstić information content (AvgIpc) is 2.95. The maximum Gasteiger partial charge on any atom is 0.0356 e. The first-order valence-electron chi connectivity index (χ1n) is 6.64. The molecule has 0 aromatic rings. The largest absolute Gasteiger partial charge is 0.329 e. The van der Waals surface area contributed by atoms with E-state index in [1.165, 1.54) is 45.1 Å². The SMILES string of the molecule is CCC1CCCC1(CN)N(C)CC1CC1. The molecule has 15 heavy (non-hydrogen) atoms. The van der Waals surface area contributed by atoms with Gasteiger partial charge in [-0.05, 0) is 44.6 Å². The van der Waals surface area contributed by atoms with Crippen LogP contribution in [0.1, 0.15) is 45.4 Å². The van der Waals surface area contributed by atoms with Crippen LogP contribution in [0.4, 0.5) is 0 Å². The summed E-state index contributed by atoms with van der Waals surface area (Å²) in [7, 11) is 2.30. The van der Waals surface area contributed by atoms with Gasteiger partial charge in [-0.2, -0.15) is 0 Å². The third-order valence-corrected chi connectivity index (χ3v) is 4.76. The molecule has 0 aromatic heterocycles. The van der Waals surface area contributed by atoms with Crippen LogP contribution in [-0.2, 0) is 0 Å². The highest BCUT2D eigenvalue weighted by molar-refractivity contribution is 5.01. The smallest absolute Gasteiger partial charge is 0.0356 e. The number of likely N-dealkylation sites (N-methyl/N-ethyl adjacent to an activating group) is 1. The molecule has 2 aliphatic carbocycles. The molecule has 0 bridgehead atoms. The molecule has 2 fully saturated rings. The molecule has 2 unspecified atom stereocenters. The Morgan fingerprint density at radius 1 is 1.33 bits per heavy atom. The highest BCUT2D eigenvalue weighted by Gasteiger charge is 2.44. The Morgan fingerprint density at radius 2 is 2.07 bits per heavy atom. The van der Waals surface area contributed by atoms with Crippen molar-refractivity contribution in [2.24, 2.45) is 17.6 Å². The summed E-state index contributed by atoms with van der Waals surface area (Å²) in [6.45, 7) is 4.47. The van der Waals surface area contributed by atoms with Gasteiger partial charge in [0.05, 0.1) is 0 Å². The molecule has 2 heteroatoms. The van der Waals surface area contributed by atoms with Crippen molar-refractivity contribution < 1.29 is 0 Å². The monoisotopic (exact) mass is 210 g/mol. The van der Waals surface area contributed by atoms with E-state index in [1.807, 2.05) is 0 Å². The Hall–Kier alpha value is -0.0800. The number of nitrogens with zero attached hydrogens (tertiary/aromatic N) is 1. The zero-order chi connectivity index (χ0) is 10.9. The van der Waals surface area contributed by atoms with E-state index in [2.05, 4.69) is 18.9 Å². The Labute approximate surface area is 94.2 Å². The van der Waals surface area contributed by atoms with Crippen LogP contribution >= 0.6 is 0 Å². The van der Waals surface area contributed by atoms with Gasteiger partial charge in [0.15, 0.2) is 0 Å². The second-order valence-electron chi connectivity index (χ2n) is 5.63. The standard InChI is InChI=1S/C13H26N2/c1-3-12-5-4-8-13(12,10-14)15(2)9-11-6-7-11/h11-12H,3-10,14H2,1-2H3. The second-order valence-corrected chi connectivity index (χ2v) is 5.63. The lowest BCUT2D eigenvalue weighted by atomic mass is 9.83. The summed E-state index contributed by atoms with van der Waals surface area (Å²) in [4.78, 5) is 2.60. The predicted molar refractivity (Wildman–Crippen MR) is 64.8 cm³/mol. The van der Waals surface area contributed by atoms with Crippen LogP contribution in [-0.4, -0.2) is 30.6 Å². The molecule has 0 aliphatic heterocycles. The molecule has 2 atom stereocenters. The van der Waals surface area contributed by atoms with Crippen molar-refractivity contribution in [2.45, 2.75) is 51.0 Å². The minimum absolute atomic E-state index is 0.345. The van der Waals surface area contributed by atoms with Gasteiger partial charge in [-0.15, -0.1) is 0 Å². The van der Waals surface area contributed by atoms with Crippen LogP contribution in [0, 0.1) is 11.8 Å². The first kappa shape index (κ1) is 11.4. The molecule has 2 saturated carbocycles. The predicted octanol–water partition coefficient (Wildman–Crippen LogP) is 2.24. The average molecular weight is 210 g/mol. The minimum Gasteiger partial charge on any atom is -0.329 e. The highest BCUT2D eigenvalue weighted by atomic mass is 15.2. The Balaban J connectivity index is 2.03. The fourth-order valence-electron chi connectivity index (χ4n) is 3.51. The molecule has 2 N–H and O–H groups in total. The molecule has 0 spiro atoms. The number of rotatable bonds is 5.